The summed E-state index contributed by atoms with van der Waals surface area (Å²) in [7, 11) is 0. The fourth-order valence-corrected chi connectivity index (χ4v) is 4.36. The van der Waals surface area contributed by atoms with Crippen molar-refractivity contribution in [1.82, 2.24) is 4.90 Å². The number of carbonyl (C=O) groups excluding carboxylic acids is 2. The second kappa shape index (κ2) is 7.16. The fraction of sp³-hybridized carbons (Fsp3) is 0.348. The monoisotopic (exact) mass is 406 g/mol. The smallest absolute Gasteiger partial charge is 0.336 e. The number of rotatable bonds is 4. The second-order valence-electron chi connectivity index (χ2n) is 8.16. The maximum absolute atomic E-state index is 13.6. The molecule has 0 spiro atoms. The molecule has 30 heavy (non-hydrogen) atoms. The van der Waals surface area contributed by atoms with Gasteiger partial charge < -0.3 is 19.6 Å². The van der Waals surface area contributed by atoms with Crippen LogP contribution in [0.2, 0.25) is 0 Å². The van der Waals surface area contributed by atoms with Gasteiger partial charge in [0, 0.05) is 13.0 Å². The van der Waals surface area contributed by atoms with Gasteiger partial charge in [0.15, 0.2) is 0 Å². The number of anilines is 1. The molecule has 3 aliphatic rings. The van der Waals surface area contributed by atoms with Crippen molar-refractivity contribution in [1.29, 1.82) is 0 Å². The second-order valence-corrected chi connectivity index (χ2v) is 8.16. The van der Waals surface area contributed by atoms with Gasteiger partial charge in [-0.1, -0.05) is 24.3 Å². The zero-order chi connectivity index (χ0) is 20.8. The Bertz CT molecular complexity index is 1030. The van der Waals surface area contributed by atoms with Gasteiger partial charge in [-0.05, 0) is 43.0 Å². The summed E-state index contributed by atoms with van der Waals surface area (Å²) in [6.07, 6.45) is 2.27. The summed E-state index contributed by atoms with van der Waals surface area (Å²) in [4.78, 5) is 41.8. The highest BCUT2D eigenvalue weighted by atomic mass is 16.5. The van der Waals surface area contributed by atoms with Crippen LogP contribution in [0.4, 0.5) is 5.69 Å². The van der Waals surface area contributed by atoms with Gasteiger partial charge in [-0.3, -0.25) is 9.59 Å². The molecular weight excluding hydrogens is 384 g/mol. The number of para-hydroxylation sites is 2. The number of amides is 2. The fourth-order valence-electron chi connectivity index (χ4n) is 4.36. The minimum atomic E-state index is -1.17. The first-order valence-electron chi connectivity index (χ1n) is 10.2. The highest BCUT2D eigenvalue weighted by Crippen LogP contribution is 2.39. The van der Waals surface area contributed by atoms with Crippen molar-refractivity contribution in [3.8, 4) is 5.75 Å². The number of carbonyl (C=O) groups is 3. The molecule has 2 aromatic rings. The number of carboxylic acid groups (broad SMARTS) is 1. The van der Waals surface area contributed by atoms with Gasteiger partial charge in [0.1, 0.15) is 17.9 Å². The first-order valence-corrected chi connectivity index (χ1v) is 10.2. The summed E-state index contributed by atoms with van der Waals surface area (Å²) < 4.78 is 6.20. The normalized spacial score (nSPS) is 22.7. The summed E-state index contributed by atoms with van der Waals surface area (Å²) in [5.41, 5.74) is 0.768. The van der Waals surface area contributed by atoms with Crippen molar-refractivity contribution in [2.24, 2.45) is 5.92 Å². The van der Waals surface area contributed by atoms with Crippen LogP contribution in [0.25, 0.3) is 0 Å². The van der Waals surface area contributed by atoms with Crippen molar-refractivity contribution in [3.63, 3.8) is 0 Å². The van der Waals surface area contributed by atoms with Gasteiger partial charge in [-0.25, -0.2) is 4.79 Å². The van der Waals surface area contributed by atoms with Crippen LogP contribution in [0.5, 0.6) is 5.75 Å². The van der Waals surface area contributed by atoms with Crippen molar-refractivity contribution in [3.05, 3.63) is 59.7 Å². The number of likely N-dealkylation sites (tertiary alicyclic amines) is 1. The topological polar surface area (TPSA) is 87.2 Å². The average Bonchev–Trinajstić information content (AvgIpc) is 3.47. The molecule has 7 nitrogen and oxygen atoms in total. The summed E-state index contributed by atoms with van der Waals surface area (Å²) in [6.45, 7) is 0.850. The van der Waals surface area contributed by atoms with Crippen LogP contribution in [-0.4, -0.2) is 53.0 Å². The third-order valence-electron chi connectivity index (χ3n) is 6.05. The molecule has 2 atom stereocenters. The van der Waals surface area contributed by atoms with Crippen LogP contribution >= 0.6 is 0 Å². The van der Waals surface area contributed by atoms with E-state index in [-0.39, 0.29) is 29.7 Å². The Morgan fingerprint density at radius 3 is 2.47 bits per heavy atom. The number of hydrogen-bond donors (Lipinski definition) is 1. The number of fused-ring (bicyclic) bond motifs is 3. The van der Waals surface area contributed by atoms with Crippen molar-refractivity contribution >= 4 is 23.5 Å². The van der Waals surface area contributed by atoms with E-state index < -0.39 is 17.9 Å². The third kappa shape index (κ3) is 3.20. The Hall–Kier alpha value is -3.35. The van der Waals surface area contributed by atoms with Crippen LogP contribution in [-0.2, 0) is 4.79 Å². The Labute approximate surface area is 173 Å². The number of benzene rings is 2. The van der Waals surface area contributed by atoms with Crippen molar-refractivity contribution in [2.45, 2.75) is 31.4 Å². The van der Waals surface area contributed by atoms with Crippen molar-refractivity contribution in [2.75, 3.05) is 18.0 Å². The Balaban J connectivity index is 1.52. The van der Waals surface area contributed by atoms with E-state index in [0.29, 0.717) is 24.6 Å². The van der Waals surface area contributed by atoms with Crippen LogP contribution in [0.15, 0.2) is 48.5 Å². The molecular formula is C23H22N2O5. The molecule has 2 aromatic carbocycles. The molecule has 7 heteroatoms. The highest BCUT2D eigenvalue weighted by Gasteiger charge is 2.46. The molecule has 154 valence electrons. The SMILES string of the molecule is O=C(O)c1ccccc1C(=O)N1CC2CC1C(=O)N(CC1CC1)c1ccccc1O2. The zero-order valence-corrected chi connectivity index (χ0v) is 16.4. The number of nitrogens with zero attached hydrogens (tertiary/aromatic N) is 2. The average molecular weight is 406 g/mol. The van der Waals surface area contributed by atoms with E-state index in [1.807, 2.05) is 24.3 Å². The Morgan fingerprint density at radius 2 is 1.73 bits per heavy atom. The lowest BCUT2D eigenvalue weighted by Crippen LogP contribution is -2.49. The van der Waals surface area contributed by atoms with Crippen LogP contribution in [0.1, 0.15) is 40.0 Å². The van der Waals surface area contributed by atoms with Gasteiger partial charge >= 0.3 is 5.97 Å². The van der Waals surface area contributed by atoms with E-state index in [2.05, 4.69) is 0 Å². The molecule has 1 saturated carbocycles. The van der Waals surface area contributed by atoms with Crippen molar-refractivity contribution < 1.29 is 24.2 Å². The number of aromatic carboxylic acids is 1. The standard InChI is InChI=1S/C23H22N2O5/c26-21(16-5-1-2-6-17(16)23(28)29)25-13-15-11-19(25)22(27)24(12-14-9-10-14)18-7-3-4-8-20(18)30-15/h1-8,14-15,19H,9-13H2,(H,28,29). The summed E-state index contributed by atoms with van der Waals surface area (Å²) in [5, 5.41) is 9.48. The highest BCUT2D eigenvalue weighted by molar-refractivity contribution is 6.08. The largest absolute Gasteiger partial charge is 0.486 e. The molecule has 2 heterocycles. The third-order valence-corrected chi connectivity index (χ3v) is 6.05. The van der Waals surface area contributed by atoms with Crippen LogP contribution in [0.3, 0.4) is 0 Å². The molecule has 5 rings (SSSR count). The van der Waals surface area contributed by atoms with Crippen LogP contribution < -0.4 is 9.64 Å². The van der Waals surface area contributed by atoms with Gasteiger partial charge in [0.2, 0.25) is 5.91 Å². The minimum absolute atomic E-state index is 0.0638. The molecule has 1 N–H and O–H groups in total. The zero-order valence-electron chi connectivity index (χ0n) is 16.4. The molecule has 2 aliphatic heterocycles. The predicted molar refractivity (Wildman–Crippen MR) is 109 cm³/mol. The minimum Gasteiger partial charge on any atom is -0.486 e. The predicted octanol–water partition coefficient (Wildman–Crippen LogP) is 2.80. The maximum atomic E-state index is 13.6. The number of hydrogen-bond acceptors (Lipinski definition) is 4. The van der Waals surface area contributed by atoms with E-state index >= 15 is 0 Å². The lowest BCUT2D eigenvalue weighted by molar-refractivity contribution is -0.122. The first kappa shape index (κ1) is 18.7. The number of ether oxygens (including phenoxy) is 1. The lowest BCUT2D eigenvalue weighted by atomic mass is 10.0. The van der Waals surface area contributed by atoms with Gasteiger partial charge in [-0.2, -0.15) is 0 Å². The number of carboxylic acids is 1. The molecule has 2 fully saturated rings. The van der Waals surface area contributed by atoms with E-state index in [4.69, 9.17) is 4.74 Å². The lowest BCUT2D eigenvalue weighted by Gasteiger charge is -2.32. The molecule has 2 unspecified atom stereocenters. The molecule has 0 radical (unpaired) electrons. The van der Waals surface area contributed by atoms with Gasteiger partial charge in [-0.15, -0.1) is 0 Å². The van der Waals surface area contributed by atoms with E-state index in [0.717, 1.165) is 18.5 Å². The maximum Gasteiger partial charge on any atom is 0.336 e. The van der Waals surface area contributed by atoms with Gasteiger partial charge in [0.25, 0.3) is 5.91 Å². The van der Waals surface area contributed by atoms with E-state index in [1.54, 1.807) is 17.0 Å². The molecule has 2 amide bonds. The first-order chi connectivity index (χ1) is 14.5. The quantitative estimate of drug-likeness (QED) is 0.844. The summed E-state index contributed by atoms with van der Waals surface area (Å²) in [6, 6.07) is 12.9. The summed E-state index contributed by atoms with van der Waals surface area (Å²) in [5.74, 6) is -0.623. The van der Waals surface area contributed by atoms with Crippen LogP contribution in [0, 0.1) is 5.92 Å². The summed E-state index contributed by atoms with van der Waals surface area (Å²) >= 11 is 0. The van der Waals surface area contributed by atoms with Gasteiger partial charge in [0.05, 0.1) is 23.4 Å². The Kier molecular flexibility index (Phi) is 4.46. The molecule has 1 saturated heterocycles. The van der Waals surface area contributed by atoms with E-state index in [1.165, 1.54) is 17.0 Å². The molecule has 0 aromatic heterocycles. The Morgan fingerprint density at radius 1 is 1.03 bits per heavy atom. The molecule has 2 bridgehead atoms. The van der Waals surface area contributed by atoms with E-state index in [9.17, 15) is 19.5 Å². The molecule has 1 aliphatic carbocycles.